The van der Waals surface area contributed by atoms with Crippen molar-refractivity contribution in [2.45, 2.75) is 38.0 Å². The van der Waals surface area contributed by atoms with Crippen LogP contribution in [0.5, 0.6) is 11.5 Å². The number of benzene rings is 1. The maximum atomic E-state index is 13.4. The van der Waals surface area contributed by atoms with Gasteiger partial charge in [-0.3, -0.25) is 9.69 Å². The van der Waals surface area contributed by atoms with E-state index in [0.717, 1.165) is 37.6 Å². The van der Waals surface area contributed by atoms with Gasteiger partial charge < -0.3 is 29.0 Å². The number of hydrogen-bond donors (Lipinski definition) is 1. The fourth-order valence-electron chi connectivity index (χ4n) is 4.62. The SMILES string of the molecule is O=C(C1=C[C@H](c2ccsc2)C[C@H](OCCCCO)O1)N1CCN(Cc2ccc3c(c2)OCO3)CC1. The molecule has 2 atom stereocenters. The first kappa shape index (κ1) is 24.1. The molecule has 0 spiro atoms. The fraction of sp³-hybridized carbons (Fsp3) is 0.500. The third-order valence-electron chi connectivity index (χ3n) is 6.60. The van der Waals surface area contributed by atoms with E-state index in [1.807, 2.05) is 23.1 Å². The van der Waals surface area contributed by atoms with E-state index in [9.17, 15) is 4.79 Å². The van der Waals surface area contributed by atoms with Gasteiger partial charge in [-0.2, -0.15) is 11.3 Å². The number of thiophene rings is 1. The minimum atomic E-state index is -0.463. The van der Waals surface area contributed by atoms with Crippen molar-refractivity contribution in [1.29, 1.82) is 0 Å². The van der Waals surface area contributed by atoms with Gasteiger partial charge >= 0.3 is 0 Å². The van der Waals surface area contributed by atoms with E-state index >= 15 is 0 Å². The molecular weight excluding hydrogens is 468 g/mol. The first-order valence-corrected chi connectivity index (χ1v) is 13.2. The van der Waals surface area contributed by atoms with Gasteiger partial charge in [-0.05, 0) is 59.0 Å². The Hall–Kier alpha value is -2.59. The normalized spacial score (nSPS) is 22.1. The summed E-state index contributed by atoms with van der Waals surface area (Å²) in [5, 5.41) is 13.2. The number of fused-ring (bicyclic) bond motifs is 1. The summed E-state index contributed by atoms with van der Waals surface area (Å²) < 4.78 is 22.8. The second-order valence-corrected chi connectivity index (χ2v) is 9.81. The van der Waals surface area contributed by atoms with E-state index in [0.29, 0.717) is 38.3 Å². The lowest BCUT2D eigenvalue weighted by Crippen LogP contribution is -2.49. The Morgan fingerprint density at radius 2 is 1.97 bits per heavy atom. The molecule has 1 aromatic carbocycles. The van der Waals surface area contributed by atoms with E-state index < -0.39 is 6.29 Å². The number of hydrogen-bond acceptors (Lipinski definition) is 8. The second-order valence-electron chi connectivity index (χ2n) is 9.03. The summed E-state index contributed by atoms with van der Waals surface area (Å²) in [6.45, 7) is 4.62. The maximum absolute atomic E-state index is 13.4. The van der Waals surface area contributed by atoms with Crippen LogP contribution in [0.4, 0.5) is 0 Å². The van der Waals surface area contributed by atoms with Gasteiger partial charge in [-0.1, -0.05) is 6.07 Å². The highest BCUT2D eigenvalue weighted by Gasteiger charge is 2.32. The molecule has 0 unspecified atom stereocenters. The number of piperazine rings is 1. The van der Waals surface area contributed by atoms with Crippen LogP contribution in [0.25, 0.3) is 0 Å². The number of nitrogens with zero attached hydrogens (tertiary/aromatic N) is 2. The molecule has 5 rings (SSSR count). The van der Waals surface area contributed by atoms with Gasteiger partial charge in [0.15, 0.2) is 17.3 Å². The van der Waals surface area contributed by atoms with Gasteiger partial charge in [0.25, 0.3) is 5.91 Å². The molecule has 0 saturated carbocycles. The molecule has 0 bridgehead atoms. The third-order valence-corrected chi connectivity index (χ3v) is 7.30. The lowest BCUT2D eigenvalue weighted by atomic mass is 9.95. The molecule has 0 radical (unpaired) electrons. The van der Waals surface area contributed by atoms with E-state index in [-0.39, 0.29) is 25.2 Å². The first-order valence-electron chi connectivity index (χ1n) is 12.2. The highest BCUT2D eigenvalue weighted by atomic mass is 32.1. The monoisotopic (exact) mass is 500 g/mol. The predicted molar refractivity (Wildman–Crippen MR) is 131 cm³/mol. The molecule has 3 aliphatic rings. The van der Waals surface area contributed by atoms with Crippen molar-refractivity contribution in [3.63, 3.8) is 0 Å². The van der Waals surface area contributed by atoms with Gasteiger partial charge in [-0.25, -0.2) is 0 Å². The molecule has 8 nitrogen and oxygen atoms in total. The Bertz CT molecular complexity index is 1020. The smallest absolute Gasteiger partial charge is 0.288 e. The topological polar surface area (TPSA) is 80.7 Å². The van der Waals surface area contributed by atoms with Crippen LogP contribution in [-0.2, 0) is 20.8 Å². The summed E-state index contributed by atoms with van der Waals surface area (Å²) in [5.74, 6) is 1.98. The molecule has 35 heavy (non-hydrogen) atoms. The van der Waals surface area contributed by atoms with Crippen LogP contribution >= 0.6 is 11.3 Å². The highest BCUT2D eigenvalue weighted by Crippen LogP contribution is 2.34. The van der Waals surface area contributed by atoms with Gasteiger partial charge in [0.2, 0.25) is 13.1 Å². The summed E-state index contributed by atoms with van der Waals surface area (Å²) in [6.07, 6.45) is 3.62. The summed E-state index contributed by atoms with van der Waals surface area (Å²) in [4.78, 5) is 17.6. The Labute approximate surface area is 209 Å². The van der Waals surface area contributed by atoms with Gasteiger partial charge in [0, 0.05) is 51.7 Å². The molecule has 1 aromatic heterocycles. The number of amides is 1. The van der Waals surface area contributed by atoms with Gasteiger partial charge in [0.1, 0.15) is 0 Å². The Morgan fingerprint density at radius 1 is 1.11 bits per heavy atom. The molecule has 9 heteroatoms. The standard InChI is InChI=1S/C26H32N2O6S/c29-10-1-2-11-31-25-15-21(20-5-12-35-17-20)14-24(34-25)26(30)28-8-6-27(7-9-28)16-19-3-4-22-23(13-19)33-18-32-22/h3-5,12-14,17,21,25,29H,1-2,6-11,15-16,18H2/t21-,25+/m0/s1. The average Bonchev–Trinajstić information content (AvgIpc) is 3.59. The number of aliphatic hydroxyl groups is 1. The number of aliphatic hydroxyl groups excluding tert-OH is 1. The fourth-order valence-corrected chi connectivity index (χ4v) is 5.34. The molecule has 0 aliphatic carbocycles. The summed E-state index contributed by atoms with van der Waals surface area (Å²) in [6, 6.07) is 8.15. The summed E-state index contributed by atoms with van der Waals surface area (Å²) >= 11 is 1.65. The van der Waals surface area contributed by atoms with Crippen LogP contribution in [0.2, 0.25) is 0 Å². The van der Waals surface area contributed by atoms with E-state index in [2.05, 4.69) is 27.8 Å². The van der Waals surface area contributed by atoms with Crippen molar-refractivity contribution in [3.8, 4) is 11.5 Å². The predicted octanol–water partition coefficient (Wildman–Crippen LogP) is 3.32. The van der Waals surface area contributed by atoms with Crippen LogP contribution in [0.15, 0.2) is 46.9 Å². The Kier molecular flexibility index (Phi) is 7.88. The molecule has 3 aliphatic heterocycles. The maximum Gasteiger partial charge on any atom is 0.288 e. The zero-order valence-electron chi connectivity index (χ0n) is 19.8. The van der Waals surface area contributed by atoms with Crippen LogP contribution in [0, 0.1) is 0 Å². The lowest BCUT2D eigenvalue weighted by Gasteiger charge is -2.36. The van der Waals surface area contributed by atoms with Crippen molar-refractivity contribution in [2.75, 3.05) is 46.2 Å². The molecule has 188 valence electrons. The molecule has 4 heterocycles. The van der Waals surface area contributed by atoms with Crippen molar-refractivity contribution >= 4 is 17.2 Å². The summed E-state index contributed by atoms with van der Waals surface area (Å²) in [5.41, 5.74) is 2.35. The van der Waals surface area contributed by atoms with E-state index in [1.165, 1.54) is 11.1 Å². The summed E-state index contributed by atoms with van der Waals surface area (Å²) in [7, 11) is 0. The highest BCUT2D eigenvalue weighted by molar-refractivity contribution is 7.08. The van der Waals surface area contributed by atoms with Crippen LogP contribution < -0.4 is 9.47 Å². The van der Waals surface area contributed by atoms with Crippen LogP contribution in [0.1, 0.15) is 36.3 Å². The molecular formula is C26H32N2O6S. The molecule has 2 aromatic rings. The zero-order valence-corrected chi connectivity index (χ0v) is 20.6. The van der Waals surface area contributed by atoms with Crippen molar-refractivity contribution < 1.29 is 28.8 Å². The Balaban J connectivity index is 1.18. The quantitative estimate of drug-likeness (QED) is 0.529. The number of ether oxygens (including phenoxy) is 4. The first-order chi connectivity index (χ1) is 17.2. The molecule has 1 saturated heterocycles. The molecule has 1 N–H and O–H groups in total. The Morgan fingerprint density at radius 3 is 2.77 bits per heavy atom. The largest absolute Gasteiger partial charge is 0.459 e. The van der Waals surface area contributed by atoms with E-state index in [1.54, 1.807) is 11.3 Å². The minimum absolute atomic E-state index is 0.0726. The van der Waals surface area contributed by atoms with Crippen LogP contribution in [-0.4, -0.2) is 73.3 Å². The third kappa shape index (κ3) is 5.98. The average molecular weight is 501 g/mol. The second kappa shape index (κ2) is 11.4. The molecule has 1 fully saturated rings. The molecule has 1 amide bonds. The number of carbonyl (C=O) groups is 1. The number of carbonyl (C=O) groups excluding carboxylic acids is 1. The lowest BCUT2D eigenvalue weighted by molar-refractivity contribution is -0.154. The van der Waals surface area contributed by atoms with Gasteiger partial charge in [-0.15, -0.1) is 0 Å². The number of allylic oxidation sites excluding steroid dienone is 1. The van der Waals surface area contributed by atoms with Crippen LogP contribution in [0.3, 0.4) is 0 Å². The van der Waals surface area contributed by atoms with E-state index in [4.69, 9.17) is 24.1 Å². The number of unbranched alkanes of at least 4 members (excludes halogenated alkanes) is 1. The van der Waals surface area contributed by atoms with Crippen molar-refractivity contribution in [2.24, 2.45) is 0 Å². The minimum Gasteiger partial charge on any atom is -0.459 e. The zero-order chi connectivity index (χ0) is 24.0. The van der Waals surface area contributed by atoms with Crippen molar-refractivity contribution in [3.05, 3.63) is 58.0 Å². The van der Waals surface area contributed by atoms with Crippen molar-refractivity contribution in [1.82, 2.24) is 9.80 Å². The van der Waals surface area contributed by atoms with Gasteiger partial charge in [0.05, 0.1) is 6.61 Å². The number of rotatable bonds is 9.